The van der Waals surface area contributed by atoms with Gasteiger partial charge in [-0.25, -0.2) is 9.18 Å². The van der Waals surface area contributed by atoms with Gasteiger partial charge in [-0.1, -0.05) is 24.3 Å². The summed E-state index contributed by atoms with van der Waals surface area (Å²) in [7, 11) is 1.59. The average Bonchev–Trinajstić information content (AvgIpc) is 2.53. The smallest absolute Gasteiger partial charge is 0.343 e. The van der Waals surface area contributed by atoms with E-state index in [1.165, 1.54) is 29.0 Å². The van der Waals surface area contributed by atoms with Gasteiger partial charge in [0.1, 0.15) is 5.82 Å². The first-order chi connectivity index (χ1) is 10.6. The third-order valence-corrected chi connectivity index (χ3v) is 3.33. The number of rotatable bonds is 2. The largest absolute Gasteiger partial charge is 0.417 e. The molecule has 0 amide bonds. The number of para-hydroxylation sites is 1. The van der Waals surface area contributed by atoms with Crippen LogP contribution in [0.5, 0.6) is 5.75 Å². The number of nitrogens with zero attached hydrogens (tertiary/aromatic N) is 1. The number of hydrogen-bond acceptors (Lipinski definition) is 3. The summed E-state index contributed by atoms with van der Waals surface area (Å²) in [4.78, 5) is 24.4. The molecular formula is C17H12FNO3. The number of carbonyl (C=O) groups excluding carboxylic acids is 1. The number of carbonyl (C=O) groups is 1. The van der Waals surface area contributed by atoms with E-state index >= 15 is 0 Å². The summed E-state index contributed by atoms with van der Waals surface area (Å²) < 4.78 is 20.4. The summed E-state index contributed by atoms with van der Waals surface area (Å²) in [6.45, 7) is 0. The topological polar surface area (TPSA) is 48.3 Å². The zero-order chi connectivity index (χ0) is 15.7. The molecule has 110 valence electrons. The number of aryl methyl sites for hydroxylation is 1. The lowest BCUT2D eigenvalue weighted by molar-refractivity contribution is 0.0732. The van der Waals surface area contributed by atoms with Gasteiger partial charge in [-0.3, -0.25) is 4.79 Å². The van der Waals surface area contributed by atoms with E-state index in [1.54, 1.807) is 37.4 Å². The second kappa shape index (κ2) is 5.44. The van der Waals surface area contributed by atoms with Crippen LogP contribution < -0.4 is 10.2 Å². The Balaban J connectivity index is 2.08. The summed E-state index contributed by atoms with van der Waals surface area (Å²) in [6.07, 6.45) is 1.31. The summed E-state index contributed by atoms with van der Waals surface area (Å²) in [5.41, 5.74) is -0.00668. The first-order valence-corrected chi connectivity index (χ1v) is 6.63. The number of halogens is 1. The SMILES string of the molecule is Cn1cc(OC(=O)c2ccccc2)c(=O)c2cccc(F)c21. The van der Waals surface area contributed by atoms with Crippen molar-refractivity contribution in [1.29, 1.82) is 0 Å². The maximum absolute atomic E-state index is 13.8. The Morgan fingerprint density at radius 2 is 1.82 bits per heavy atom. The molecule has 0 radical (unpaired) electrons. The Morgan fingerprint density at radius 3 is 2.55 bits per heavy atom. The number of pyridine rings is 1. The summed E-state index contributed by atoms with van der Waals surface area (Å²) in [5, 5.41) is 0.167. The van der Waals surface area contributed by atoms with E-state index in [0.29, 0.717) is 5.56 Å². The molecule has 0 saturated heterocycles. The van der Waals surface area contributed by atoms with Crippen molar-refractivity contribution in [2.24, 2.45) is 7.05 Å². The van der Waals surface area contributed by atoms with E-state index in [2.05, 4.69) is 0 Å². The predicted octanol–water partition coefficient (Wildman–Crippen LogP) is 2.90. The molecule has 4 nitrogen and oxygen atoms in total. The molecule has 2 aromatic carbocycles. The van der Waals surface area contributed by atoms with E-state index < -0.39 is 17.2 Å². The van der Waals surface area contributed by atoms with Crippen LogP contribution in [0.15, 0.2) is 59.5 Å². The summed E-state index contributed by atoms with van der Waals surface area (Å²) in [6, 6.07) is 12.6. The molecule has 22 heavy (non-hydrogen) atoms. The van der Waals surface area contributed by atoms with Crippen LogP contribution in [0.4, 0.5) is 4.39 Å². The monoisotopic (exact) mass is 297 g/mol. The van der Waals surface area contributed by atoms with Gasteiger partial charge in [-0.15, -0.1) is 0 Å². The van der Waals surface area contributed by atoms with E-state index in [1.807, 2.05) is 0 Å². The maximum atomic E-state index is 13.8. The van der Waals surface area contributed by atoms with Crippen LogP contribution in [0.1, 0.15) is 10.4 Å². The molecule has 0 fully saturated rings. The molecule has 0 aliphatic heterocycles. The van der Waals surface area contributed by atoms with Gasteiger partial charge in [0, 0.05) is 7.05 Å². The lowest BCUT2D eigenvalue weighted by atomic mass is 10.2. The summed E-state index contributed by atoms with van der Waals surface area (Å²) >= 11 is 0. The standard InChI is InChI=1S/C17H12FNO3/c1-19-10-14(22-17(21)11-6-3-2-4-7-11)16(20)12-8-5-9-13(18)15(12)19/h2-10H,1H3. The fourth-order valence-electron chi connectivity index (χ4n) is 2.29. The molecule has 1 aromatic heterocycles. The highest BCUT2D eigenvalue weighted by Gasteiger charge is 2.15. The normalized spacial score (nSPS) is 10.6. The highest BCUT2D eigenvalue weighted by molar-refractivity contribution is 5.91. The van der Waals surface area contributed by atoms with Crippen molar-refractivity contribution in [2.75, 3.05) is 0 Å². The van der Waals surface area contributed by atoms with Crippen LogP contribution in [-0.4, -0.2) is 10.5 Å². The van der Waals surface area contributed by atoms with Crippen LogP contribution in [0.25, 0.3) is 10.9 Å². The second-order valence-corrected chi connectivity index (χ2v) is 4.82. The second-order valence-electron chi connectivity index (χ2n) is 4.82. The molecule has 0 aliphatic carbocycles. The molecule has 0 bridgehead atoms. The zero-order valence-electron chi connectivity index (χ0n) is 11.7. The van der Waals surface area contributed by atoms with Gasteiger partial charge >= 0.3 is 5.97 Å². The molecule has 0 unspecified atom stereocenters. The van der Waals surface area contributed by atoms with Crippen molar-refractivity contribution in [3.63, 3.8) is 0 Å². The molecule has 0 atom stereocenters. The number of benzene rings is 2. The molecule has 0 aliphatic rings. The van der Waals surface area contributed by atoms with Gasteiger partial charge in [0.15, 0.2) is 5.75 Å². The van der Waals surface area contributed by atoms with Crippen LogP contribution >= 0.6 is 0 Å². The average molecular weight is 297 g/mol. The van der Waals surface area contributed by atoms with Crippen molar-refractivity contribution in [3.8, 4) is 5.75 Å². The van der Waals surface area contributed by atoms with Gasteiger partial charge in [0.05, 0.1) is 22.7 Å². The Morgan fingerprint density at radius 1 is 1.09 bits per heavy atom. The number of hydrogen-bond donors (Lipinski definition) is 0. The molecule has 0 saturated carbocycles. The van der Waals surface area contributed by atoms with Gasteiger partial charge in [-0.05, 0) is 24.3 Å². The van der Waals surface area contributed by atoms with Crippen LogP contribution in [0, 0.1) is 5.82 Å². The molecule has 0 spiro atoms. The van der Waals surface area contributed by atoms with Crippen molar-refractivity contribution in [3.05, 3.63) is 76.3 Å². The maximum Gasteiger partial charge on any atom is 0.343 e. The molecule has 3 rings (SSSR count). The number of aromatic nitrogens is 1. The molecular weight excluding hydrogens is 285 g/mol. The van der Waals surface area contributed by atoms with E-state index in [0.717, 1.165) is 0 Å². The molecule has 5 heteroatoms. The minimum absolute atomic E-state index is 0.130. The molecule has 0 N–H and O–H groups in total. The minimum atomic E-state index is -0.631. The van der Waals surface area contributed by atoms with E-state index in [4.69, 9.17) is 4.74 Å². The lowest BCUT2D eigenvalue weighted by Gasteiger charge is -2.10. The Bertz CT molecular complexity index is 916. The molecule has 3 aromatic rings. The van der Waals surface area contributed by atoms with Crippen molar-refractivity contribution in [2.45, 2.75) is 0 Å². The van der Waals surface area contributed by atoms with Crippen LogP contribution in [-0.2, 0) is 7.05 Å². The third kappa shape index (κ3) is 2.37. The molecule has 1 heterocycles. The van der Waals surface area contributed by atoms with E-state index in [-0.39, 0.29) is 16.7 Å². The highest BCUT2D eigenvalue weighted by atomic mass is 19.1. The van der Waals surface area contributed by atoms with Crippen molar-refractivity contribution in [1.82, 2.24) is 4.57 Å². The van der Waals surface area contributed by atoms with Crippen molar-refractivity contribution >= 4 is 16.9 Å². The lowest BCUT2D eigenvalue weighted by Crippen LogP contribution is -2.17. The van der Waals surface area contributed by atoms with Crippen LogP contribution in [0.3, 0.4) is 0 Å². The fourth-order valence-corrected chi connectivity index (χ4v) is 2.29. The Labute approximate surface area is 125 Å². The van der Waals surface area contributed by atoms with Gasteiger partial charge < -0.3 is 9.30 Å². The summed E-state index contributed by atoms with van der Waals surface area (Å²) in [5.74, 6) is -1.26. The number of fused-ring (bicyclic) bond motifs is 1. The number of esters is 1. The third-order valence-electron chi connectivity index (χ3n) is 3.33. The Kier molecular flexibility index (Phi) is 3.47. The van der Waals surface area contributed by atoms with E-state index in [9.17, 15) is 14.0 Å². The van der Waals surface area contributed by atoms with Crippen LogP contribution in [0.2, 0.25) is 0 Å². The van der Waals surface area contributed by atoms with Crippen molar-refractivity contribution < 1.29 is 13.9 Å². The Hall–Kier alpha value is -2.95. The quantitative estimate of drug-likeness (QED) is 0.683. The van der Waals surface area contributed by atoms with Gasteiger partial charge in [-0.2, -0.15) is 0 Å². The number of ether oxygens (including phenoxy) is 1. The van der Waals surface area contributed by atoms with Gasteiger partial charge in [0.2, 0.25) is 5.43 Å². The predicted molar refractivity (Wildman–Crippen MR) is 80.5 cm³/mol. The first-order valence-electron chi connectivity index (χ1n) is 6.63. The fraction of sp³-hybridized carbons (Fsp3) is 0.0588. The highest BCUT2D eigenvalue weighted by Crippen LogP contribution is 2.18. The first kappa shape index (κ1) is 14.0. The van der Waals surface area contributed by atoms with Gasteiger partial charge in [0.25, 0.3) is 0 Å². The zero-order valence-corrected chi connectivity index (χ0v) is 11.7. The minimum Gasteiger partial charge on any atom is -0.417 e.